The van der Waals surface area contributed by atoms with Crippen molar-refractivity contribution in [2.45, 2.75) is 322 Å². The molecule has 0 aromatic carbocycles. The second kappa shape index (κ2) is 56.9. The van der Waals surface area contributed by atoms with Crippen molar-refractivity contribution in [1.29, 1.82) is 0 Å². The fourth-order valence-corrected chi connectivity index (χ4v) is 10.2. The Balaban J connectivity index is 4.08. The zero-order chi connectivity index (χ0) is 54.9. The lowest BCUT2D eigenvalue weighted by Gasteiger charge is -2.24. The average Bonchev–Trinajstić information content (AvgIpc) is 3.37. The number of nitrogens with zero attached hydrogens (tertiary/aromatic N) is 1. The van der Waals surface area contributed by atoms with Gasteiger partial charge in [0, 0.05) is 12.8 Å². The van der Waals surface area contributed by atoms with Crippen LogP contribution in [0.4, 0.5) is 0 Å². The van der Waals surface area contributed by atoms with Crippen LogP contribution in [0.5, 0.6) is 0 Å². The minimum Gasteiger partial charge on any atom is -0.462 e. The molecular formula is C65H125NO8P+. The average molecular weight is 1080 g/mol. The lowest BCUT2D eigenvalue weighted by molar-refractivity contribution is -0.870. The summed E-state index contributed by atoms with van der Waals surface area (Å²) in [6, 6.07) is 0. The Labute approximate surface area is 465 Å². The Morgan fingerprint density at radius 2 is 0.720 bits per heavy atom. The Bertz CT molecular complexity index is 1360. The zero-order valence-corrected chi connectivity index (χ0v) is 51.2. The van der Waals surface area contributed by atoms with E-state index in [1.54, 1.807) is 0 Å². The van der Waals surface area contributed by atoms with Crippen LogP contribution in [0.1, 0.15) is 316 Å². The second-order valence-corrected chi connectivity index (χ2v) is 24.6. The van der Waals surface area contributed by atoms with Gasteiger partial charge in [-0.15, -0.1) is 0 Å². The normalized spacial score (nSPS) is 13.4. The van der Waals surface area contributed by atoms with Gasteiger partial charge in [-0.3, -0.25) is 18.6 Å². The maximum atomic E-state index is 12.8. The Morgan fingerprint density at radius 3 is 1.07 bits per heavy atom. The van der Waals surface area contributed by atoms with Gasteiger partial charge < -0.3 is 18.9 Å². The van der Waals surface area contributed by atoms with Crippen LogP contribution in [-0.4, -0.2) is 74.9 Å². The minimum atomic E-state index is -4.39. The molecule has 75 heavy (non-hydrogen) atoms. The number of ether oxygens (including phenoxy) is 2. The first-order valence-electron chi connectivity index (χ1n) is 32.2. The highest BCUT2D eigenvalue weighted by Crippen LogP contribution is 2.43. The second-order valence-electron chi connectivity index (χ2n) is 23.2. The van der Waals surface area contributed by atoms with E-state index in [9.17, 15) is 19.0 Å². The lowest BCUT2D eigenvalue weighted by Crippen LogP contribution is -2.37. The summed E-state index contributed by atoms with van der Waals surface area (Å²) < 4.78 is 34.7. The molecule has 0 aliphatic carbocycles. The van der Waals surface area contributed by atoms with Crippen molar-refractivity contribution in [3.8, 4) is 0 Å². The molecule has 0 heterocycles. The zero-order valence-electron chi connectivity index (χ0n) is 50.3. The molecule has 2 atom stereocenters. The fourth-order valence-electron chi connectivity index (χ4n) is 9.44. The number of phosphoric acid groups is 1. The van der Waals surface area contributed by atoms with Crippen LogP contribution in [0.3, 0.4) is 0 Å². The predicted octanol–water partition coefficient (Wildman–Crippen LogP) is 20.3. The van der Waals surface area contributed by atoms with Crippen molar-refractivity contribution in [3.63, 3.8) is 0 Å². The molecule has 0 fully saturated rings. The summed E-state index contributed by atoms with van der Waals surface area (Å²) in [4.78, 5) is 35.8. The third-order valence-corrected chi connectivity index (χ3v) is 15.4. The van der Waals surface area contributed by atoms with Crippen molar-refractivity contribution in [2.75, 3.05) is 47.5 Å². The molecule has 0 aromatic rings. The van der Waals surface area contributed by atoms with Gasteiger partial charge in [-0.1, -0.05) is 288 Å². The van der Waals surface area contributed by atoms with Gasteiger partial charge in [-0.05, 0) is 51.4 Å². The number of allylic oxidation sites excluding steroid dienone is 6. The summed E-state index contributed by atoms with van der Waals surface area (Å²) in [5, 5.41) is 0. The highest BCUT2D eigenvalue weighted by atomic mass is 31.2. The van der Waals surface area contributed by atoms with Crippen LogP contribution in [-0.2, 0) is 32.7 Å². The number of phosphoric ester groups is 1. The van der Waals surface area contributed by atoms with Crippen molar-refractivity contribution < 1.29 is 42.1 Å². The Kier molecular flexibility index (Phi) is 55.6. The number of quaternary nitrogens is 1. The summed E-state index contributed by atoms with van der Waals surface area (Å²) in [5.41, 5.74) is 0. The molecule has 0 aliphatic rings. The van der Waals surface area contributed by atoms with Gasteiger partial charge in [0.1, 0.15) is 19.8 Å². The fraction of sp³-hybridized carbons (Fsp3) is 0.877. The molecule has 0 aliphatic heterocycles. The molecule has 0 rings (SSSR count). The molecule has 1 N–H and O–H groups in total. The maximum Gasteiger partial charge on any atom is 0.472 e. The molecule has 0 saturated heterocycles. The van der Waals surface area contributed by atoms with Gasteiger partial charge >= 0.3 is 19.8 Å². The standard InChI is InChI=1S/C65H124NO8P/c1-6-8-10-12-14-16-18-20-22-24-26-28-30-32-33-34-36-38-40-42-44-46-48-50-52-54-56-58-65(68)74-63(62-73-75(69,70)72-60-59-66(3,4)5)61-71-64(67)57-55-53-51-49-47-45-43-41-39-37-35-31-29-27-25-23-21-19-17-15-13-11-9-7-2/h18,20,24,26,30,32,63H,6-17,19,21-23,25,27-29,31,33-62H2,1-5H3/p+1/b20-18-,26-24-,32-30-. The summed E-state index contributed by atoms with van der Waals surface area (Å²) in [6.07, 6.45) is 70.8. The molecule has 0 radical (unpaired) electrons. The molecule has 0 saturated carbocycles. The number of unbranched alkanes of at least 4 members (excludes halogenated alkanes) is 40. The van der Waals surface area contributed by atoms with Crippen LogP contribution in [0, 0.1) is 0 Å². The summed E-state index contributed by atoms with van der Waals surface area (Å²) in [7, 11) is 1.49. The van der Waals surface area contributed by atoms with Crippen LogP contribution in [0.25, 0.3) is 0 Å². The monoisotopic (exact) mass is 1080 g/mol. The van der Waals surface area contributed by atoms with Gasteiger partial charge in [0.05, 0.1) is 27.7 Å². The molecule has 10 heteroatoms. The number of likely N-dealkylation sites (N-methyl/N-ethyl adjacent to an activating group) is 1. The largest absolute Gasteiger partial charge is 0.472 e. The maximum absolute atomic E-state index is 12.8. The highest BCUT2D eigenvalue weighted by Gasteiger charge is 2.27. The SMILES string of the molecule is CCCCCCC/C=C\C/C=C\C/C=C\CCCCCCCCCCCCCCC(=O)OC(COC(=O)CCCCCCCCCCCCCCCCCCCCCCCCCC)COP(=O)(O)OCC[N+](C)(C)C. The predicted molar refractivity (Wildman–Crippen MR) is 321 cm³/mol. The minimum absolute atomic E-state index is 0.0332. The number of carbonyl (C=O) groups is 2. The van der Waals surface area contributed by atoms with E-state index in [4.69, 9.17) is 18.5 Å². The third-order valence-electron chi connectivity index (χ3n) is 14.4. The van der Waals surface area contributed by atoms with Gasteiger partial charge in [0.15, 0.2) is 6.10 Å². The molecule has 0 amide bonds. The number of carbonyl (C=O) groups excluding carboxylic acids is 2. The third kappa shape index (κ3) is 61.3. The molecule has 9 nitrogen and oxygen atoms in total. The summed E-state index contributed by atoms with van der Waals surface area (Å²) in [6.45, 7) is 4.48. The first kappa shape index (κ1) is 73.2. The molecular weight excluding hydrogens is 954 g/mol. The quantitative estimate of drug-likeness (QED) is 0.0211. The summed E-state index contributed by atoms with van der Waals surface area (Å²) in [5.74, 6) is -0.782. The highest BCUT2D eigenvalue weighted by molar-refractivity contribution is 7.47. The Morgan fingerprint density at radius 1 is 0.413 bits per heavy atom. The lowest BCUT2D eigenvalue weighted by atomic mass is 10.0. The van der Waals surface area contributed by atoms with E-state index in [1.165, 1.54) is 238 Å². The van der Waals surface area contributed by atoms with Crippen LogP contribution in [0.2, 0.25) is 0 Å². The van der Waals surface area contributed by atoms with Crippen molar-refractivity contribution in [1.82, 2.24) is 0 Å². The Hall–Kier alpha value is -1.77. The van der Waals surface area contributed by atoms with Crippen LogP contribution < -0.4 is 0 Å². The number of hydrogen-bond acceptors (Lipinski definition) is 7. The molecule has 0 aromatic heterocycles. The van der Waals surface area contributed by atoms with Gasteiger partial charge in [-0.25, -0.2) is 4.57 Å². The first-order valence-corrected chi connectivity index (χ1v) is 33.7. The van der Waals surface area contributed by atoms with E-state index >= 15 is 0 Å². The van der Waals surface area contributed by atoms with Gasteiger partial charge in [0.2, 0.25) is 0 Å². The van der Waals surface area contributed by atoms with Crippen molar-refractivity contribution >= 4 is 19.8 Å². The van der Waals surface area contributed by atoms with Crippen LogP contribution >= 0.6 is 7.82 Å². The molecule has 442 valence electrons. The van der Waals surface area contributed by atoms with Crippen LogP contribution in [0.15, 0.2) is 36.5 Å². The number of hydrogen-bond donors (Lipinski definition) is 1. The van der Waals surface area contributed by atoms with Gasteiger partial charge in [0.25, 0.3) is 0 Å². The van der Waals surface area contributed by atoms with E-state index < -0.39 is 26.5 Å². The van der Waals surface area contributed by atoms with E-state index in [2.05, 4.69) is 50.3 Å². The first-order chi connectivity index (χ1) is 36.5. The van der Waals surface area contributed by atoms with Crippen molar-refractivity contribution in [3.05, 3.63) is 36.5 Å². The molecule has 0 bridgehead atoms. The summed E-state index contributed by atoms with van der Waals surface area (Å²) >= 11 is 0. The van der Waals surface area contributed by atoms with E-state index in [-0.39, 0.29) is 25.6 Å². The molecule has 2 unspecified atom stereocenters. The van der Waals surface area contributed by atoms with E-state index in [1.807, 2.05) is 21.1 Å². The topological polar surface area (TPSA) is 108 Å². The smallest absolute Gasteiger partial charge is 0.462 e. The van der Waals surface area contributed by atoms with E-state index in [0.717, 1.165) is 44.9 Å². The van der Waals surface area contributed by atoms with Crippen molar-refractivity contribution in [2.24, 2.45) is 0 Å². The number of esters is 2. The number of rotatable bonds is 60. The molecule has 0 spiro atoms. The van der Waals surface area contributed by atoms with E-state index in [0.29, 0.717) is 23.9 Å². The van der Waals surface area contributed by atoms with Gasteiger partial charge in [-0.2, -0.15) is 0 Å².